The van der Waals surface area contributed by atoms with Crippen LogP contribution in [0.1, 0.15) is 48.6 Å². The van der Waals surface area contributed by atoms with Crippen LogP contribution in [0.4, 0.5) is 0 Å². The number of amides is 3. The zero-order chi connectivity index (χ0) is 41.0. The molecule has 1 saturated heterocycles. The van der Waals surface area contributed by atoms with E-state index < -0.39 is 54.2 Å². The molecule has 58 heavy (non-hydrogen) atoms. The number of carbonyl (C=O) groups is 4. The van der Waals surface area contributed by atoms with Crippen LogP contribution in [0.25, 0.3) is 0 Å². The van der Waals surface area contributed by atoms with E-state index in [9.17, 15) is 29.4 Å². The molecule has 16 heteroatoms. The smallest absolute Gasteiger partial charge is 0.326 e. The Balaban J connectivity index is 1.27. The largest absolute Gasteiger partial charge is 0.494 e. The summed E-state index contributed by atoms with van der Waals surface area (Å²) in [5, 5.41) is 42.0. The highest BCUT2D eigenvalue weighted by atomic mass is 16.5. The van der Waals surface area contributed by atoms with Crippen molar-refractivity contribution in [3.63, 3.8) is 0 Å². The molecule has 1 fully saturated rings. The number of carbonyl (C=O) groups excluding carboxylic acids is 3. The first-order chi connectivity index (χ1) is 28.1. The highest BCUT2D eigenvalue weighted by molar-refractivity contribution is 5.92. The highest BCUT2D eigenvalue weighted by Gasteiger charge is 2.40. The number of hydrogen-bond donors (Lipinski definition) is 6. The lowest BCUT2D eigenvalue weighted by Gasteiger charge is -2.35. The molecule has 1 unspecified atom stereocenters. The Kier molecular flexibility index (Phi) is 14.4. The molecule has 6 N–H and O–H groups in total. The third kappa shape index (κ3) is 11.4. The summed E-state index contributed by atoms with van der Waals surface area (Å²) >= 11 is 0. The maximum absolute atomic E-state index is 14.1. The van der Waals surface area contributed by atoms with Gasteiger partial charge in [-0.3, -0.25) is 24.0 Å². The molecule has 4 aromatic rings. The first kappa shape index (κ1) is 41.8. The number of rotatable bonds is 6. The SMILES string of the molecule is CN[C@@H](C)C(=O)N[C@@H]1Cc2ccc(cc2)OCc2cn(nn2)CCCOc2ccc(cc2)C[C@@H](C(=O)O)NC(=O)[C@@H](Cc2ccccc2)NC(=O)[C@@H]2CCCN2C1O. The molecule has 6 atom stereocenters. The number of carboxylic acid groups (broad SMARTS) is 1. The predicted molar refractivity (Wildman–Crippen MR) is 213 cm³/mol. The minimum absolute atomic E-state index is 0.00376. The van der Waals surface area contributed by atoms with Gasteiger partial charge in [-0.15, -0.1) is 5.10 Å². The average molecular weight is 797 g/mol. The number of aliphatic hydroxyl groups excluding tert-OH is 1. The van der Waals surface area contributed by atoms with E-state index in [1.165, 1.54) is 0 Å². The van der Waals surface area contributed by atoms with Gasteiger partial charge in [0.25, 0.3) is 0 Å². The molecule has 0 aliphatic carbocycles. The van der Waals surface area contributed by atoms with Crippen LogP contribution in [-0.2, 0) is 51.6 Å². The second-order valence-electron chi connectivity index (χ2n) is 14.7. The van der Waals surface area contributed by atoms with Gasteiger partial charge in [0.1, 0.15) is 42.1 Å². The van der Waals surface area contributed by atoms with Crippen LogP contribution in [0.2, 0.25) is 0 Å². The molecule has 0 radical (unpaired) electrons. The zero-order valence-corrected chi connectivity index (χ0v) is 32.8. The molecular formula is C42H52N8O8. The van der Waals surface area contributed by atoms with E-state index in [2.05, 4.69) is 31.6 Å². The van der Waals surface area contributed by atoms with Gasteiger partial charge in [0.2, 0.25) is 17.7 Å². The molecule has 3 aromatic carbocycles. The standard InChI is InChI=1S/C42H52N8O8/c1-27(43-2)38(51)45-35-23-29-13-17-33(18-14-29)58-26-31-25-49(48-47-31)19-7-21-57-32-15-11-30(12-16-32)24-36(42(55)56)46-39(52)34(22-28-8-4-3-5-9-28)44-40(53)37-10-6-20-50(37)41(35)54/h3-5,8-9,11-18,25,27,34-37,41,43,54H,6-7,10,19-24,26H2,1-2H3,(H,44,53)(H,45,51)(H,46,52)(H,55,56)/t27-,34+,35+,36-,37-,41?/m0/s1. The lowest BCUT2D eigenvalue weighted by atomic mass is 10.0. The van der Waals surface area contributed by atoms with Crippen molar-refractivity contribution >= 4 is 23.7 Å². The number of carboxylic acids is 1. The average Bonchev–Trinajstić information content (AvgIpc) is 3.92. The number of benzene rings is 3. The fraction of sp³-hybridized carbons (Fsp3) is 0.429. The molecule has 9 rings (SSSR count). The van der Waals surface area contributed by atoms with Crippen LogP contribution in [0.5, 0.6) is 11.5 Å². The van der Waals surface area contributed by atoms with Gasteiger partial charge in [-0.05, 0) is 74.2 Å². The number of aliphatic hydroxyl groups is 1. The van der Waals surface area contributed by atoms with Crippen LogP contribution in [0.15, 0.2) is 85.1 Å². The van der Waals surface area contributed by atoms with Crippen LogP contribution in [0, 0.1) is 0 Å². The van der Waals surface area contributed by atoms with E-state index in [1.807, 2.05) is 48.7 Å². The number of likely N-dealkylation sites (N-methyl/N-ethyl adjacent to an activating group) is 1. The Bertz CT molecular complexity index is 1980. The third-order valence-electron chi connectivity index (χ3n) is 10.5. The minimum atomic E-state index is -1.29. The molecule has 6 heterocycles. The summed E-state index contributed by atoms with van der Waals surface area (Å²) in [5.41, 5.74) is 2.90. The second kappa shape index (κ2) is 20.0. The van der Waals surface area contributed by atoms with Crippen LogP contribution in [0.3, 0.4) is 0 Å². The van der Waals surface area contributed by atoms with Gasteiger partial charge in [-0.1, -0.05) is 59.8 Å². The van der Waals surface area contributed by atoms with Crippen molar-refractivity contribution < 1.29 is 38.9 Å². The minimum Gasteiger partial charge on any atom is -0.494 e. The van der Waals surface area contributed by atoms with Crippen molar-refractivity contribution in [1.29, 1.82) is 0 Å². The summed E-state index contributed by atoms with van der Waals surface area (Å²) in [4.78, 5) is 55.4. The van der Waals surface area contributed by atoms with Gasteiger partial charge in [0, 0.05) is 32.4 Å². The van der Waals surface area contributed by atoms with Crippen LogP contribution in [-0.4, -0.2) is 110 Å². The molecule has 3 amide bonds. The van der Waals surface area contributed by atoms with E-state index >= 15 is 0 Å². The van der Waals surface area contributed by atoms with E-state index in [0.717, 1.165) is 11.1 Å². The lowest BCUT2D eigenvalue weighted by molar-refractivity contribution is -0.142. The van der Waals surface area contributed by atoms with E-state index in [4.69, 9.17) is 9.47 Å². The highest BCUT2D eigenvalue weighted by Crippen LogP contribution is 2.24. The molecule has 1 aromatic heterocycles. The van der Waals surface area contributed by atoms with Gasteiger partial charge >= 0.3 is 5.97 Å². The molecule has 308 valence electrons. The number of aliphatic carboxylic acids is 1. The zero-order valence-electron chi connectivity index (χ0n) is 32.8. The van der Waals surface area contributed by atoms with Crippen molar-refractivity contribution in [2.75, 3.05) is 20.2 Å². The lowest BCUT2D eigenvalue weighted by Crippen LogP contribution is -2.60. The third-order valence-corrected chi connectivity index (χ3v) is 10.5. The molecule has 5 aliphatic rings. The van der Waals surface area contributed by atoms with Crippen LogP contribution >= 0.6 is 0 Å². The summed E-state index contributed by atoms with van der Waals surface area (Å²) in [6, 6.07) is 18.9. The first-order valence-corrected chi connectivity index (χ1v) is 19.7. The maximum Gasteiger partial charge on any atom is 0.326 e. The Labute approximate surface area is 337 Å². The number of ether oxygens (including phenoxy) is 2. The number of aryl methyl sites for hydroxylation is 1. The summed E-state index contributed by atoms with van der Waals surface area (Å²) in [6.07, 6.45) is 2.52. The molecule has 0 spiro atoms. The predicted octanol–water partition coefficient (Wildman–Crippen LogP) is 1.60. The topological polar surface area (TPSA) is 209 Å². The van der Waals surface area contributed by atoms with Crippen molar-refractivity contribution in [3.8, 4) is 11.5 Å². The molecular weight excluding hydrogens is 745 g/mol. The number of hydrogen-bond acceptors (Lipinski definition) is 11. The Morgan fingerprint density at radius 3 is 2.28 bits per heavy atom. The molecule has 5 aliphatic heterocycles. The quantitative estimate of drug-likeness (QED) is 0.165. The first-order valence-electron chi connectivity index (χ1n) is 19.7. The van der Waals surface area contributed by atoms with Crippen molar-refractivity contribution in [3.05, 3.63) is 107 Å². The summed E-state index contributed by atoms with van der Waals surface area (Å²) in [6.45, 7) is 3.26. The van der Waals surface area contributed by atoms with E-state index in [0.29, 0.717) is 61.7 Å². The fourth-order valence-electron chi connectivity index (χ4n) is 7.11. The van der Waals surface area contributed by atoms with Crippen LogP contribution < -0.4 is 30.7 Å². The van der Waals surface area contributed by atoms with E-state index in [-0.39, 0.29) is 31.8 Å². The van der Waals surface area contributed by atoms with Gasteiger partial charge in [-0.25, -0.2) is 4.79 Å². The van der Waals surface area contributed by atoms with Gasteiger partial charge in [0.05, 0.1) is 30.9 Å². The molecule has 6 bridgehead atoms. The van der Waals surface area contributed by atoms with Gasteiger partial charge < -0.3 is 41.0 Å². The fourth-order valence-corrected chi connectivity index (χ4v) is 7.11. The number of aromatic nitrogens is 3. The van der Waals surface area contributed by atoms with E-state index in [1.54, 1.807) is 60.0 Å². The number of nitrogens with one attached hydrogen (secondary N) is 4. The van der Waals surface area contributed by atoms with Crippen molar-refractivity contribution in [2.45, 2.75) is 95.0 Å². The molecule has 0 saturated carbocycles. The summed E-state index contributed by atoms with van der Waals surface area (Å²) in [5.74, 6) is -1.48. The van der Waals surface area contributed by atoms with Crippen molar-refractivity contribution in [2.24, 2.45) is 0 Å². The van der Waals surface area contributed by atoms with Gasteiger partial charge in [-0.2, -0.15) is 0 Å². The van der Waals surface area contributed by atoms with Gasteiger partial charge in [0.15, 0.2) is 0 Å². The monoisotopic (exact) mass is 796 g/mol. The Hall–Kier alpha value is -5.84. The molecule has 16 nitrogen and oxygen atoms in total. The number of nitrogens with zero attached hydrogens (tertiary/aromatic N) is 4. The van der Waals surface area contributed by atoms with Crippen molar-refractivity contribution in [1.82, 2.24) is 41.2 Å². The second-order valence-corrected chi connectivity index (χ2v) is 14.7. The maximum atomic E-state index is 14.1. The Morgan fingerprint density at radius 2 is 1.59 bits per heavy atom. The summed E-state index contributed by atoms with van der Waals surface area (Å²) in [7, 11) is 1.67. The normalized spacial score (nSPS) is 23.1. The summed E-state index contributed by atoms with van der Waals surface area (Å²) < 4.78 is 13.6. The Morgan fingerprint density at radius 1 is 0.897 bits per heavy atom.